The lowest BCUT2D eigenvalue weighted by Crippen LogP contribution is -2.10. The Hall–Kier alpha value is -2.15. The summed E-state index contributed by atoms with van der Waals surface area (Å²) in [4.78, 5) is 31.3. The molecular formula is C11H10ClNO6. The first kappa shape index (κ1) is 14.9. The number of benzene rings is 1. The van der Waals surface area contributed by atoms with Gasteiger partial charge >= 0.3 is 5.97 Å². The van der Waals surface area contributed by atoms with E-state index >= 15 is 0 Å². The van der Waals surface area contributed by atoms with Crippen molar-refractivity contribution in [1.82, 2.24) is 0 Å². The summed E-state index contributed by atoms with van der Waals surface area (Å²) in [6, 6.07) is 2.40. The van der Waals surface area contributed by atoms with E-state index < -0.39 is 16.6 Å². The van der Waals surface area contributed by atoms with Crippen molar-refractivity contribution in [2.45, 2.75) is 6.92 Å². The molecule has 0 spiro atoms. The van der Waals surface area contributed by atoms with Gasteiger partial charge < -0.3 is 9.47 Å². The summed E-state index contributed by atoms with van der Waals surface area (Å²) < 4.78 is 9.81. The third-order valence-corrected chi connectivity index (χ3v) is 2.47. The Labute approximate surface area is 113 Å². The summed E-state index contributed by atoms with van der Waals surface area (Å²) in [5.74, 6) is -0.339. The number of nitro benzene ring substituents is 1. The van der Waals surface area contributed by atoms with Crippen LogP contribution in [0.5, 0.6) is 5.75 Å². The SMILES string of the molecule is CC(=O)OCCOc1ccc([N+](=O)[O-])c(C=O)c1Cl. The van der Waals surface area contributed by atoms with Crippen LogP contribution in [0.15, 0.2) is 12.1 Å². The minimum absolute atomic E-state index is 0.0130. The Morgan fingerprint density at radius 1 is 1.47 bits per heavy atom. The third kappa shape index (κ3) is 3.92. The smallest absolute Gasteiger partial charge is 0.302 e. The lowest BCUT2D eigenvalue weighted by Gasteiger charge is -2.09. The molecule has 0 heterocycles. The van der Waals surface area contributed by atoms with E-state index in [1.807, 2.05) is 0 Å². The summed E-state index contributed by atoms with van der Waals surface area (Å²) in [7, 11) is 0. The molecule has 0 amide bonds. The van der Waals surface area contributed by atoms with Crippen molar-refractivity contribution in [3.63, 3.8) is 0 Å². The van der Waals surface area contributed by atoms with Crippen LogP contribution in [0, 0.1) is 10.1 Å². The molecule has 0 aliphatic carbocycles. The van der Waals surface area contributed by atoms with Crippen molar-refractivity contribution in [3.8, 4) is 5.75 Å². The maximum absolute atomic E-state index is 10.8. The van der Waals surface area contributed by atoms with Crippen molar-refractivity contribution in [2.24, 2.45) is 0 Å². The van der Waals surface area contributed by atoms with Gasteiger partial charge in [0.1, 0.15) is 29.5 Å². The van der Waals surface area contributed by atoms with E-state index in [2.05, 4.69) is 4.74 Å². The number of halogens is 1. The van der Waals surface area contributed by atoms with E-state index in [1.54, 1.807) is 0 Å². The molecule has 19 heavy (non-hydrogen) atoms. The molecule has 0 saturated heterocycles. The monoisotopic (exact) mass is 287 g/mol. The number of hydrogen-bond acceptors (Lipinski definition) is 6. The van der Waals surface area contributed by atoms with Gasteiger partial charge in [0.2, 0.25) is 0 Å². The zero-order valence-corrected chi connectivity index (χ0v) is 10.7. The van der Waals surface area contributed by atoms with E-state index in [1.165, 1.54) is 13.0 Å². The number of aldehydes is 1. The molecule has 0 aromatic heterocycles. The van der Waals surface area contributed by atoms with Crippen LogP contribution >= 0.6 is 11.6 Å². The average Bonchev–Trinajstić information content (AvgIpc) is 2.35. The van der Waals surface area contributed by atoms with E-state index in [0.29, 0.717) is 6.29 Å². The van der Waals surface area contributed by atoms with E-state index in [-0.39, 0.29) is 29.5 Å². The van der Waals surface area contributed by atoms with Crippen LogP contribution < -0.4 is 4.74 Å². The first-order chi connectivity index (χ1) is 8.97. The summed E-state index contributed by atoms with van der Waals surface area (Å²) in [5, 5.41) is 10.5. The molecule has 8 heteroatoms. The Balaban J connectivity index is 2.83. The molecular weight excluding hydrogens is 278 g/mol. The van der Waals surface area contributed by atoms with Crippen molar-refractivity contribution in [2.75, 3.05) is 13.2 Å². The fourth-order valence-electron chi connectivity index (χ4n) is 1.28. The van der Waals surface area contributed by atoms with Crippen molar-refractivity contribution in [1.29, 1.82) is 0 Å². The molecule has 0 fully saturated rings. The molecule has 7 nitrogen and oxygen atoms in total. The first-order valence-corrected chi connectivity index (χ1v) is 5.53. The predicted octanol–water partition coefficient (Wildman–Crippen LogP) is 2.00. The summed E-state index contributed by atoms with van der Waals surface area (Å²) in [6.45, 7) is 1.29. The number of hydrogen-bond donors (Lipinski definition) is 0. The van der Waals surface area contributed by atoms with Crippen LogP contribution in [0.1, 0.15) is 17.3 Å². The molecule has 0 aliphatic rings. The molecule has 0 unspecified atom stereocenters. The van der Waals surface area contributed by atoms with Gasteiger partial charge in [-0.1, -0.05) is 11.6 Å². The molecule has 0 saturated carbocycles. The van der Waals surface area contributed by atoms with Crippen molar-refractivity contribution in [3.05, 3.63) is 32.8 Å². The molecule has 1 aromatic rings. The van der Waals surface area contributed by atoms with Gasteiger partial charge in [-0.3, -0.25) is 19.7 Å². The topological polar surface area (TPSA) is 95.7 Å². The molecule has 102 valence electrons. The molecule has 0 radical (unpaired) electrons. The standard InChI is InChI=1S/C11H10ClNO6/c1-7(15)18-4-5-19-10-3-2-9(13(16)17)8(6-14)11(10)12/h2-3,6H,4-5H2,1H3. The highest BCUT2D eigenvalue weighted by Crippen LogP contribution is 2.33. The number of carbonyl (C=O) groups is 2. The van der Waals surface area contributed by atoms with Gasteiger partial charge in [0.25, 0.3) is 5.69 Å². The number of rotatable bonds is 6. The molecule has 1 aromatic carbocycles. The highest BCUT2D eigenvalue weighted by Gasteiger charge is 2.20. The van der Waals surface area contributed by atoms with Gasteiger partial charge in [-0.25, -0.2) is 0 Å². The molecule has 1 rings (SSSR count). The highest BCUT2D eigenvalue weighted by molar-refractivity contribution is 6.34. The molecule has 0 N–H and O–H groups in total. The Morgan fingerprint density at radius 3 is 2.68 bits per heavy atom. The molecule has 0 bridgehead atoms. The van der Waals surface area contributed by atoms with Gasteiger partial charge in [-0.05, 0) is 6.07 Å². The number of carbonyl (C=O) groups excluding carboxylic acids is 2. The van der Waals surface area contributed by atoms with Crippen LogP contribution in [-0.2, 0) is 9.53 Å². The second-order valence-corrected chi connectivity index (χ2v) is 3.75. The second-order valence-electron chi connectivity index (χ2n) is 3.37. The predicted molar refractivity (Wildman–Crippen MR) is 65.6 cm³/mol. The minimum atomic E-state index is -0.710. The van der Waals surface area contributed by atoms with Crippen molar-refractivity contribution >= 4 is 29.5 Å². The number of esters is 1. The second kappa shape index (κ2) is 6.69. The quantitative estimate of drug-likeness (QED) is 0.261. The van der Waals surface area contributed by atoms with Crippen LogP contribution in [0.25, 0.3) is 0 Å². The van der Waals surface area contributed by atoms with Gasteiger partial charge in [0.05, 0.1) is 4.92 Å². The van der Waals surface area contributed by atoms with E-state index in [4.69, 9.17) is 16.3 Å². The minimum Gasteiger partial charge on any atom is -0.488 e. The first-order valence-electron chi connectivity index (χ1n) is 5.15. The summed E-state index contributed by atoms with van der Waals surface area (Å²) >= 11 is 5.83. The largest absolute Gasteiger partial charge is 0.488 e. The van der Waals surface area contributed by atoms with Crippen molar-refractivity contribution < 1.29 is 24.0 Å². The van der Waals surface area contributed by atoms with Crippen LogP contribution in [-0.4, -0.2) is 30.4 Å². The Morgan fingerprint density at radius 2 is 2.16 bits per heavy atom. The number of ether oxygens (including phenoxy) is 2. The van der Waals surface area contributed by atoms with Gasteiger partial charge in [-0.2, -0.15) is 0 Å². The van der Waals surface area contributed by atoms with Crippen LogP contribution in [0.2, 0.25) is 5.02 Å². The Kier molecular flexibility index (Phi) is 5.25. The molecule has 0 atom stereocenters. The van der Waals surface area contributed by atoms with Crippen LogP contribution in [0.4, 0.5) is 5.69 Å². The normalized spacial score (nSPS) is 9.79. The zero-order valence-electron chi connectivity index (χ0n) is 9.92. The van der Waals surface area contributed by atoms with E-state index in [0.717, 1.165) is 6.07 Å². The summed E-state index contributed by atoms with van der Waals surface area (Å²) in [6.07, 6.45) is 0.291. The fourth-order valence-corrected chi connectivity index (χ4v) is 1.54. The Bertz CT molecular complexity index is 516. The zero-order chi connectivity index (χ0) is 14.4. The number of nitro groups is 1. The van der Waals surface area contributed by atoms with Gasteiger partial charge in [0.15, 0.2) is 6.29 Å². The van der Waals surface area contributed by atoms with E-state index in [9.17, 15) is 19.7 Å². The molecule has 0 aliphatic heterocycles. The lowest BCUT2D eigenvalue weighted by molar-refractivity contribution is -0.385. The maximum atomic E-state index is 10.8. The average molecular weight is 288 g/mol. The van der Waals surface area contributed by atoms with Gasteiger partial charge in [0, 0.05) is 13.0 Å². The fraction of sp³-hybridized carbons (Fsp3) is 0.273. The van der Waals surface area contributed by atoms with Crippen LogP contribution in [0.3, 0.4) is 0 Å². The third-order valence-electron chi connectivity index (χ3n) is 2.08. The lowest BCUT2D eigenvalue weighted by atomic mass is 10.2. The maximum Gasteiger partial charge on any atom is 0.302 e. The van der Waals surface area contributed by atoms with Gasteiger partial charge in [-0.15, -0.1) is 0 Å². The summed E-state index contributed by atoms with van der Waals surface area (Å²) in [5.41, 5.74) is -0.649. The highest BCUT2D eigenvalue weighted by atomic mass is 35.5. The number of nitrogens with zero attached hydrogens (tertiary/aromatic N) is 1.